The predicted molar refractivity (Wildman–Crippen MR) is 86.2 cm³/mol. The Morgan fingerprint density at radius 3 is 2.62 bits per heavy atom. The number of hydrogen-bond acceptors (Lipinski definition) is 4. The molecule has 2 rings (SSSR count). The van der Waals surface area contributed by atoms with Crippen molar-refractivity contribution in [2.75, 3.05) is 32.2 Å². The number of nitrogens with zero attached hydrogens (tertiary/aromatic N) is 2. The van der Waals surface area contributed by atoms with E-state index in [9.17, 15) is 0 Å². The summed E-state index contributed by atoms with van der Waals surface area (Å²) in [7, 11) is 3.77. The summed E-state index contributed by atoms with van der Waals surface area (Å²) in [4.78, 5) is 2.19. The van der Waals surface area contributed by atoms with Gasteiger partial charge in [0.25, 0.3) is 0 Å². The average Bonchev–Trinajstić information content (AvgIpc) is 2.53. The van der Waals surface area contributed by atoms with E-state index >= 15 is 0 Å². The Morgan fingerprint density at radius 1 is 1.24 bits per heavy atom. The summed E-state index contributed by atoms with van der Waals surface area (Å²) in [6.45, 7) is 1.64. The van der Waals surface area contributed by atoms with E-state index in [1.165, 1.54) is 0 Å². The van der Waals surface area contributed by atoms with E-state index in [-0.39, 0.29) is 5.84 Å². The van der Waals surface area contributed by atoms with Crippen LogP contribution < -0.4 is 10.6 Å². The molecule has 0 aromatic heterocycles. The molecule has 0 fully saturated rings. The number of amidine groups is 1. The number of rotatable bonds is 6. The molecular weight excluding hydrogens is 266 g/mol. The lowest BCUT2D eigenvalue weighted by atomic mass is 10.0. The van der Waals surface area contributed by atoms with Crippen LogP contribution in [-0.2, 0) is 4.74 Å². The fourth-order valence-electron chi connectivity index (χ4n) is 2.46. The maximum absolute atomic E-state index is 8.91. The van der Waals surface area contributed by atoms with E-state index in [4.69, 9.17) is 15.7 Å². The number of fused-ring (bicyclic) bond motifs is 1. The second-order valence-electron chi connectivity index (χ2n) is 4.93. The highest BCUT2D eigenvalue weighted by molar-refractivity contribution is 6.11. The summed E-state index contributed by atoms with van der Waals surface area (Å²) >= 11 is 0. The van der Waals surface area contributed by atoms with E-state index in [2.05, 4.69) is 17.1 Å². The van der Waals surface area contributed by atoms with Crippen LogP contribution >= 0.6 is 0 Å². The van der Waals surface area contributed by atoms with Crippen LogP contribution in [0.15, 0.2) is 41.6 Å². The van der Waals surface area contributed by atoms with Gasteiger partial charge in [0, 0.05) is 43.9 Å². The van der Waals surface area contributed by atoms with Crippen molar-refractivity contribution in [1.82, 2.24) is 0 Å². The molecule has 2 aromatic carbocycles. The van der Waals surface area contributed by atoms with Gasteiger partial charge in [-0.25, -0.2) is 0 Å². The van der Waals surface area contributed by atoms with Crippen LogP contribution in [0.4, 0.5) is 5.69 Å². The van der Waals surface area contributed by atoms with Crippen molar-refractivity contribution in [2.45, 2.75) is 6.42 Å². The molecule has 5 heteroatoms. The van der Waals surface area contributed by atoms with Crippen LogP contribution in [0.5, 0.6) is 0 Å². The summed E-state index contributed by atoms with van der Waals surface area (Å²) in [6.07, 6.45) is 0.962. The molecular formula is C16H21N3O2. The molecule has 2 aromatic rings. The Morgan fingerprint density at radius 2 is 1.95 bits per heavy atom. The number of ether oxygens (including phenoxy) is 1. The highest BCUT2D eigenvalue weighted by Crippen LogP contribution is 2.29. The van der Waals surface area contributed by atoms with Crippen LogP contribution in [0.3, 0.4) is 0 Å². The zero-order valence-electron chi connectivity index (χ0n) is 12.4. The van der Waals surface area contributed by atoms with Crippen molar-refractivity contribution in [3.05, 3.63) is 42.0 Å². The van der Waals surface area contributed by atoms with Crippen molar-refractivity contribution in [2.24, 2.45) is 10.9 Å². The van der Waals surface area contributed by atoms with Crippen LogP contribution in [0.2, 0.25) is 0 Å². The van der Waals surface area contributed by atoms with Crippen molar-refractivity contribution < 1.29 is 9.94 Å². The topological polar surface area (TPSA) is 71.1 Å². The quantitative estimate of drug-likeness (QED) is 0.281. The van der Waals surface area contributed by atoms with E-state index in [1.54, 1.807) is 7.11 Å². The van der Waals surface area contributed by atoms with Gasteiger partial charge in [-0.1, -0.05) is 29.4 Å². The molecule has 0 bridgehead atoms. The molecule has 0 heterocycles. The summed E-state index contributed by atoms with van der Waals surface area (Å²) in [5.41, 5.74) is 7.61. The van der Waals surface area contributed by atoms with Crippen molar-refractivity contribution in [3.63, 3.8) is 0 Å². The van der Waals surface area contributed by atoms with Gasteiger partial charge >= 0.3 is 0 Å². The number of anilines is 1. The average molecular weight is 287 g/mol. The molecule has 0 spiro atoms. The van der Waals surface area contributed by atoms with E-state index in [0.717, 1.165) is 41.6 Å². The molecule has 112 valence electrons. The van der Waals surface area contributed by atoms with Gasteiger partial charge in [-0.2, -0.15) is 0 Å². The van der Waals surface area contributed by atoms with Gasteiger partial charge in [0.2, 0.25) is 0 Å². The predicted octanol–water partition coefficient (Wildman–Crippen LogP) is 2.41. The summed E-state index contributed by atoms with van der Waals surface area (Å²) in [6, 6.07) is 11.9. The van der Waals surface area contributed by atoms with E-state index in [1.807, 2.05) is 36.4 Å². The molecule has 21 heavy (non-hydrogen) atoms. The fraction of sp³-hybridized carbons (Fsp3) is 0.312. The SMILES string of the molecule is COCCCN(C)c1ccc(/C(N)=N/O)c2ccccc12. The number of nitrogens with two attached hydrogens (primary N) is 1. The number of hydrogen-bond donors (Lipinski definition) is 2. The van der Waals surface area contributed by atoms with E-state index < -0.39 is 0 Å². The lowest BCUT2D eigenvalue weighted by Gasteiger charge is -2.22. The largest absolute Gasteiger partial charge is 0.409 e. The van der Waals surface area contributed by atoms with Gasteiger partial charge < -0.3 is 20.6 Å². The van der Waals surface area contributed by atoms with Crippen LogP contribution in [-0.4, -0.2) is 38.4 Å². The van der Waals surface area contributed by atoms with Crippen molar-refractivity contribution >= 4 is 22.3 Å². The van der Waals surface area contributed by atoms with E-state index in [0.29, 0.717) is 0 Å². The van der Waals surface area contributed by atoms with Crippen molar-refractivity contribution in [3.8, 4) is 0 Å². The Labute approximate surface area is 124 Å². The molecule has 0 aliphatic rings. The van der Waals surface area contributed by atoms with Crippen LogP contribution in [0.1, 0.15) is 12.0 Å². The Hall–Kier alpha value is -2.27. The first-order chi connectivity index (χ1) is 10.2. The minimum atomic E-state index is 0.125. The number of oxime groups is 1. The lowest BCUT2D eigenvalue weighted by Crippen LogP contribution is -2.20. The fourth-order valence-corrected chi connectivity index (χ4v) is 2.46. The summed E-state index contributed by atoms with van der Waals surface area (Å²) < 4.78 is 5.09. The first-order valence-corrected chi connectivity index (χ1v) is 6.88. The minimum absolute atomic E-state index is 0.125. The molecule has 0 aliphatic heterocycles. The van der Waals surface area contributed by atoms with Gasteiger partial charge in [0.1, 0.15) is 0 Å². The highest BCUT2D eigenvalue weighted by Gasteiger charge is 2.11. The Kier molecular flexibility index (Phi) is 5.00. The molecule has 0 amide bonds. The molecule has 0 radical (unpaired) electrons. The third-order valence-electron chi connectivity index (χ3n) is 3.54. The molecule has 0 atom stereocenters. The number of methoxy groups -OCH3 is 1. The molecule has 3 N–H and O–H groups in total. The van der Waals surface area contributed by atoms with Gasteiger partial charge in [0.05, 0.1) is 0 Å². The second kappa shape index (κ2) is 6.95. The minimum Gasteiger partial charge on any atom is -0.409 e. The first-order valence-electron chi connectivity index (χ1n) is 6.88. The third-order valence-corrected chi connectivity index (χ3v) is 3.54. The molecule has 0 aliphatic carbocycles. The lowest BCUT2D eigenvalue weighted by molar-refractivity contribution is 0.196. The summed E-state index contributed by atoms with van der Waals surface area (Å²) in [5.74, 6) is 0.125. The zero-order valence-corrected chi connectivity index (χ0v) is 12.4. The molecule has 0 unspecified atom stereocenters. The molecule has 0 saturated heterocycles. The van der Waals surface area contributed by atoms with Crippen LogP contribution in [0, 0.1) is 0 Å². The molecule has 0 saturated carbocycles. The smallest absolute Gasteiger partial charge is 0.170 e. The number of benzene rings is 2. The highest BCUT2D eigenvalue weighted by atomic mass is 16.5. The van der Waals surface area contributed by atoms with Gasteiger partial charge in [-0.3, -0.25) is 0 Å². The third kappa shape index (κ3) is 3.25. The first kappa shape index (κ1) is 15.1. The van der Waals surface area contributed by atoms with Gasteiger partial charge in [-0.15, -0.1) is 0 Å². The normalized spacial score (nSPS) is 11.8. The second-order valence-corrected chi connectivity index (χ2v) is 4.93. The maximum atomic E-state index is 8.91. The molecule has 5 nitrogen and oxygen atoms in total. The standard InChI is InChI=1S/C16H21N3O2/c1-19(10-5-11-21-2)15-9-8-14(16(17)18-20)12-6-3-4-7-13(12)15/h3-4,6-9,20H,5,10-11H2,1-2H3,(H2,17,18). The monoisotopic (exact) mass is 287 g/mol. The van der Waals surface area contributed by atoms with Crippen molar-refractivity contribution in [1.29, 1.82) is 0 Å². The Balaban J connectivity index is 2.43. The Bertz CT molecular complexity index is 640. The van der Waals surface area contributed by atoms with Crippen LogP contribution in [0.25, 0.3) is 10.8 Å². The maximum Gasteiger partial charge on any atom is 0.170 e. The van der Waals surface area contributed by atoms with Gasteiger partial charge in [-0.05, 0) is 23.9 Å². The van der Waals surface area contributed by atoms with Gasteiger partial charge in [0.15, 0.2) is 5.84 Å². The summed E-state index contributed by atoms with van der Waals surface area (Å²) in [5, 5.41) is 14.1. The zero-order chi connectivity index (χ0) is 15.2.